The third-order valence-corrected chi connectivity index (χ3v) is 2.65. The molecule has 0 bridgehead atoms. The number of ether oxygens (including phenoxy) is 1. The molecule has 0 aliphatic rings. The quantitative estimate of drug-likeness (QED) is 0.930. The third-order valence-electron chi connectivity index (χ3n) is 2.65. The van der Waals surface area contributed by atoms with Gasteiger partial charge >= 0.3 is 12.3 Å². The molecule has 22 heavy (non-hydrogen) atoms. The smallest absolute Gasteiger partial charge is 0.433 e. The molecule has 1 unspecified atom stereocenters. The van der Waals surface area contributed by atoms with Gasteiger partial charge in [-0.3, -0.25) is 4.98 Å². The molecule has 118 valence electrons. The molecule has 0 aliphatic heterocycles. The van der Waals surface area contributed by atoms with E-state index in [1.807, 2.05) is 0 Å². The van der Waals surface area contributed by atoms with Crippen molar-refractivity contribution in [1.82, 2.24) is 15.1 Å². The van der Waals surface area contributed by atoms with Gasteiger partial charge in [0.25, 0.3) is 5.89 Å². The summed E-state index contributed by atoms with van der Waals surface area (Å²) in [5.41, 5.74) is 3.91. The highest BCUT2D eigenvalue weighted by Crippen LogP contribution is 2.30. The fourth-order valence-corrected chi connectivity index (χ4v) is 1.66. The number of rotatable bonds is 4. The molecule has 1 amide bonds. The molecule has 0 saturated heterocycles. The molecule has 1 atom stereocenters. The van der Waals surface area contributed by atoms with E-state index in [1.54, 1.807) is 6.92 Å². The van der Waals surface area contributed by atoms with E-state index in [4.69, 9.17) is 15.0 Å². The summed E-state index contributed by atoms with van der Waals surface area (Å²) < 4.78 is 47.5. The molecule has 0 saturated carbocycles. The van der Waals surface area contributed by atoms with Crippen molar-refractivity contribution in [3.8, 4) is 11.4 Å². The second-order valence-electron chi connectivity index (χ2n) is 4.22. The number of halogens is 3. The molecular weight excluding hydrogens is 305 g/mol. The lowest BCUT2D eigenvalue weighted by atomic mass is 10.2. The van der Waals surface area contributed by atoms with E-state index in [1.165, 1.54) is 6.07 Å². The number of pyridine rings is 1. The Kier molecular flexibility index (Phi) is 4.29. The Morgan fingerprint density at radius 3 is 2.82 bits per heavy atom. The number of alkyl halides is 3. The van der Waals surface area contributed by atoms with Gasteiger partial charge in [-0.1, -0.05) is 12.1 Å². The van der Waals surface area contributed by atoms with Crippen LogP contribution in [0.4, 0.5) is 18.0 Å². The predicted molar refractivity (Wildman–Crippen MR) is 66.2 cm³/mol. The van der Waals surface area contributed by atoms with Gasteiger partial charge in [0.05, 0.1) is 0 Å². The average molecular weight is 316 g/mol. The highest BCUT2D eigenvalue weighted by molar-refractivity contribution is 5.64. The summed E-state index contributed by atoms with van der Waals surface area (Å²) in [6, 6.07) is 2.10. The lowest BCUT2D eigenvalue weighted by molar-refractivity contribution is -0.141. The molecule has 0 aliphatic carbocycles. The zero-order chi connectivity index (χ0) is 16.3. The van der Waals surface area contributed by atoms with Crippen molar-refractivity contribution in [3.05, 3.63) is 29.9 Å². The standard InChI is InChI=1S/C12H11F3N4O3/c1-2-7(21-11(16)20)10-18-9(19-22-10)6-3-4-17-8(5-6)12(13,14)15/h3-5,7H,2H2,1H3,(H2,16,20). The lowest BCUT2D eigenvalue weighted by Gasteiger charge is -2.08. The molecule has 7 nitrogen and oxygen atoms in total. The van der Waals surface area contributed by atoms with Crippen molar-refractivity contribution in [2.75, 3.05) is 0 Å². The van der Waals surface area contributed by atoms with Crippen molar-refractivity contribution in [1.29, 1.82) is 0 Å². The van der Waals surface area contributed by atoms with Crippen LogP contribution in [0.15, 0.2) is 22.9 Å². The Hall–Kier alpha value is -2.65. The molecule has 2 rings (SSSR count). The second-order valence-corrected chi connectivity index (χ2v) is 4.22. The Balaban J connectivity index is 2.30. The Bertz CT molecular complexity index is 672. The van der Waals surface area contributed by atoms with Gasteiger partial charge in [0, 0.05) is 11.8 Å². The fourth-order valence-electron chi connectivity index (χ4n) is 1.66. The fraction of sp³-hybridized carbons (Fsp3) is 0.333. The maximum Gasteiger partial charge on any atom is 0.433 e. The molecule has 2 aromatic heterocycles. The molecule has 0 radical (unpaired) electrons. The van der Waals surface area contributed by atoms with E-state index in [-0.39, 0.29) is 17.3 Å². The largest absolute Gasteiger partial charge is 0.436 e. The highest BCUT2D eigenvalue weighted by atomic mass is 19.4. The third kappa shape index (κ3) is 3.51. The summed E-state index contributed by atoms with van der Waals surface area (Å²) in [5.74, 6) is -0.129. The minimum absolute atomic E-state index is 0.0540. The van der Waals surface area contributed by atoms with E-state index in [9.17, 15) is 18.0 Å². The van der Waals surface area contributed by atoms with Gasteiger partial charge in [0.1, 0.15) is 5.69 Å². The number of hydrogen-bond donors (Lipinski definition) is 1. The highest BCUT2D eigenvalue weighted by Gasteiger charge is 2.33. The zero-order valence-electron chi connectivity index (χ0n) is 11.3. The molecule has 0 aromatic carbocycles. The summed E-state index contributed by atoms with van der Waals surface area (Å²) >= 11 is 0. The number of carbonyl (C=O) groups excluding carboxylic acids is 1. The van der Waals surface area contributed by atoms with Crippen LogP contribution in [0, 0.1) is 0 Å². The van der Waals surface area contributed by atoms with Crippen LogP contribution in [-0.4, -0.2) is 21.2 Å². The van der Waals surface area contributed by atoms with E-state index in [0.29, 0.717) is 6.42 Å². The Morgan fingerprint density at radius 1 is 1.50 bits per heavy atom. The van der Waals surface area contributed by atoms with Gasteiger partial charge in [-0.15, -0.1) is 0 Å². The monoisotopic (exact) mass is 316 g/mol. The number of carbonyl (C=O) groups is 1. The first-order valence-electron chi connectivity index (χ1n) is 6.14. The van der Waals surface area contributed by atoms with Crippen molar-refractivity contribution in [2.24, 2.45) is 5.73 Å². The number of nitrogens with two attached hydrogens (primary N) is 1. The van der Waals surface area contributed by atoms with Gasteiger partial charge in [0.2, 0.25) is 5.82 Å². The maximum absolute atomic E-state index is 12.6. The van der Waals surface area contributed by atoms with Gasteiger partial charge in [-0.2, -0.15) is 18.2 Å². The summed E-state index contributed by atoms with van der Waals surface area (Å²) in [5, 5.41) is 3.57. The Labute approximate surface area is 122 Å². The van der Waals surface area contributed by atoms with Crippen LogP contribution in [0.1, 0.15) is 31.0 Å². The summed E-state index contributed by atoms with van der Waals surface area (Å²) in [6.45, 7) is 1.69. The number of hydrogen-bond acceptors (Lipinski definition) is 6. The molecule has 0 spiro atoms. The minimum Gasteiger partial charge on any atom is -0.436 e. The summed E-state index contributed by atoms with van der Waals surface area (Å²) in [4.78, 5) is 17.9. The number of amides is 1. The maximum atomic E-state index is 12.6. The van der Waals surface area contributed by atoms with Crippen LogP contribution in [0.2, 0.25) is 0 Å². The van der Waals surface area contributed by atoms with E-state index in [0.717, 1.165) is 12.3 Å². The van der Waals surface area contributed by atoms with Gasteiger partial charge in [-0.25, -0.2) is 4.79 Å². The number of nitrogens with zero attached hydrogens (tertiary/aromatic N) is 3. The van der Waals surface area contributed by atoms with Crippen LogP contribution < -0.4 is 5.73 Å². The zero-order valence-corrected chi connectivity index (χ0v) is 11.3. The molecule has 2 aromatic rings. The van der Waals surface area contributed by atoms with E-state index < -0.39 is 24.1 Å². The minimum atomic E-state index is -4.58. The van der Waals surface area contributed by atoms with Crippen molar-refractivity contribution < 1.29 is 27.2 Å². The predicted octanol–water partition coefficient (Wildman–Crippen LogP) is 2.70. The average Bonchev–Trinajstić information content (AvgIpc) is 2.93. The first-order valence-corrected chi connectivity index (χ1v) is 6.14. The van der Waals surface area contributed by atoms with E-state index in [2.05, 4.69) is 15.1 Å². The Morgan fingerprint density at radius 2 is 2.23 bits per heavy atom. The molecule has 2 heterocycles. The topological polar surface area (TPSA) is 104 Å². The van der Waals surface area contributed by atoms with Crippen LogP contribution >= 0.6 is 0 Å². The van der Waals surface area contributed by atoms with Crippen LogP contribution in [0.3, 0.4) is 0 Å². The van der Waals surface area contributed by atoms with E-state index >= 15 is 0 Å². The van der Waals surface area contributed by atoms with Crippen LogP contribution in [-0.2, 0) is 10.9 Å². The number of primary amides is 1. The van der Waals surface area contributed by atoms with Crippen molar-refractivity contribution in [2.45, 2.75) is 25.6 Å². The SMILES string of the molecule is CCC(OC(N)=O)c1nc(-c2ccnc(C(F)(F)F)c2)no1. The summed E-state index contributed by atoms with van der Waals surface area (Å²) in [6.07, 6.45) is -5.15. The molecule has 10 heteroatoms. The summed E-state index contributed by atoms with van der Waals surface area (Å²) in [7, 11) is 0. The van der Waals surface area contributed by atoms with Gasteiger partial charge in [0.15, 0.2) is 6.10 Å². The van der Waals surface area contributed by atoms with Crippen molar-refractivity contribution >= 4 is 6.09 Å². The number of aromatic nitrogens is 3. The van der Waals surface area contributed by atoms with Crippen molar-refractivity contribution in [3.63, 3.8) is 0 Å². The first kappa shape index (κ1) is 15.7. The molecule has 2 N–H and O–H groups in total. The molecular formula is C12H11F3N4O3. The normalized spacial score (nSPS) is 12.9. The van der Waals surface area contributed by atoms with Gasteiger partial charge in [-0.05, 0) is 18.6 Å². The second kappa shape index (κ2) is 6.00. The van der Waals surface area contributed by atoms with Gasteiger partial charge < -0.3 is 15.0 Å². The first-order chi connectivity index (χ1) is 10.3. The van der Waals surface area contributed by atoms with Crippen LogP contribution in [0.25, 0.3) is 11.4 Å². The molecule has 0 fully saturated rings. The van der Waals surface area contributed by atoms with Crippen LogP contribution in [0.5, 0.6) is 0 Å². The lowest BCUT2D eigenvalue weighted by Crippen LogP contribution is -2.17.